The summed E-state index contributed by atoms with van der Waals surface area (Å²) in [6, 6.07) is 0. The summed E-state index contributed by atoms with van der Waals surface area (Å²) < 4.78 is 0. The Hall–Kier alpha value is -0.0105. The molecule has 0 aromatic heterocycles. The fourth-order valence-corrected chi connectivity index (χ4v) is 1.10. The summed E-state index contributed by atoms with van der Waals surface area (Å²) in [5.74, 6) is -0.681. The van der Waals surface area contributed by atoms with Crippen molar-refractivity contribution < 1.29 is 27.0 Å². The number of carboxylic acid groups (broad SMARTS) is 1. The standard InChI is InChI=1S/C10H20O2.Cu/c1-4-5-6-7-8-10(2,3)9(11)12;/h4-8H2,1-3H3,(H,11,12);. The molecular formula is C10H20CuO2. The molecule has 0 spiro atoms. The number of carbonyl (C=O) groups is 1. The Morgan fingerprint density at radius 3 is 2.15 bits per heavy atom. The van der Waals surface area contributed by atoms with E-state index in [4.69, 9.17) is 5.11 Å². The van der Waals surface area contributed by atoms with E-state index in [1.54, 1.807) is 13.8 Å². The van der Waals surface area contributed by atoms with Gasteiger partial charge in [-0.3, -0.25) is 4.79 Å². The topological polar surface area (TPSA) is 37.3 Å². The van der Waals surface area contributed by atoms with Crippen LogP contribution >= 0.6 is 0 Å². The van der Waals surface area contributed by atoms with E-state index in [1.165, 1.54) is 12.8 Å². The average molecular weight is 236 g/mol. The van der Waals surface area contributed by atoms with Crippen LogP contribution in [0.2, 0.25) is 0 Å². The van der Waals surface area contributed by atoms with E-state index in [0.717, 1.165) is 19.3 Å². The van der Waals surface area contributed by atoms with Crippen LogP contribution in [-0.4, -0.2) is 11.1 Å². The molecule has 0 aliphatic rings. The molecule has 0 aliphatic carbocycles. The maximum Gasteiger partial charge on any atom is 0.309 e. The van der Waals surface area contributed by atoms with Crippen molar-refractivity contribution in [3.05, 3.63) is 0 Å². The second-order valence-electron chi connectivity index (χ2n) is 4.00. The Kier molecular flexibility index (Phi) is 8.80. The van der Waals surface area contributed by atoms with Gasteiger partial charge < -0.3 is 5.11 Å². The molecule has 0 atom stereocenters. The molecule has 2 nitrogen and oxygen atoms in total. The molecule has 0 aromatic rings. The first kappa shape index (κ1) is 15.5. The third-order valence-electron chi connectivity index (χ3n) is 2.23. The fourth-order valence-electron chi connectivity index (χ4n) is 1.10. The van der Waals surface area contributed by atoms with Crippen molar-refractivity contribution in [2.45, 2.75) is 52.9 Å². The fraction of sp³-hybridized carbons (Fsp3) is 0.900. The summed E-state index contributed by atoms with van der Waals surface area (Å²) in [6.45, 7) is 5.74. The van der Waals surface area contributed by atoms with Crippen molar-refractivity contribution in [3.63, 3.8) is 0 Å². The first-order chi connectivity index (χ1) is 5.50. The van der Waals surface area contributed by atoms with Gasteiger partial charge in [-0.05, 0) is 20.3 Å². The third-order valence-corrected chi connectivity index (χ3v) is 2.23. The Bertz CT molecular complexity index is 144. The Morgan fingerprint density at radius 1 is 1.23 bits per heavy atom. The van der Waals surface area contributed by atoms with Crippen molar-refractivity contribution in [3.8, 4) is 0 Å². The van der Waals surface area contributed by atoms with Gasteiger partial charge in [0.2, 0.25) is 0 Å². The molecule has 0 saturated carbocycles. The van der Waals surface area contributed by atoms with Crippen LogP contribution in [0.4, 0.5) is 0 Å². The molecule has 3 heteroatoms. The molecule has 1 radical (unpaired) electrons. The maximum absolute atomic E-state index is 10.7. The van der Waals surface area contributed by atoms with Gasteiger partial charge in [0.15, 0.2) is 0 Å². The zero-order valence-corrected chi connectivity index (χ0v) is 9.63. The first-order valence-electron chi connectivity index (χ1n) is 4.74. The van der Waals surface area contributed by atoms with Gasteiger partial charge in [-0.25, -0.2) is 0 Å². The van der Waals surface area contributed by atoms with E-state index in [9.17, 15) is 4.79 Å². The van der Waals surface area contributed by atoms with Crippen LogP contribution in [0.3, 0.4) is 0 Å². The van der Waals surface area contributed by atoms with Crippen molar-refractivity contribution in [1.29, 1.82) is 0 Å². The van der Waals surface area contributed by atoms with Gasteiger partial charge >= 0.3 is 5.97 Å². The number of unbranched alkanes of at least 4 members (excludes halogenated alkanes) is 3. The summed E-state index contributed by atoms with van der Waals surface area (Å²) in [7, 11) is 0. The van der Waals surface area contributed by atoms with Gasteiger partial charge in [0, 0.05) is 17.1 Å². The number of hydrogen-bond donors (Lipinski definition) is 1. The molecule has 0 aliphatic heterocycles. The van der Waals surface area contributed by atoms with E-state index < -0.39 is 11.4 Å². The summed E-state index contributed by atoms with van der Waals surface area (Å²) in [6.07, 6.45) is 5.41. The maximum atomic E-state index is 10.7. The molecule has 0 saturated heterocycles. The van der Waals surface area contributed by atoms with Crippen LogP contribution in [0.1, 0.15) is 52.9 Å². The minimum Gasteiger partial charge on any atom is -0.481 e. The monoisotopic (exact) mass is 235 g/mol. The van der Waals surface area contributed by atoms with Crippen molar-refractivity contribution in [1.82, 2.24) is 0 Å². The number of carboxylic acids is 1. The van der Waals surface area contributed by atoms with Crippen molar-refractivity contribution in [2.24, 2.45) is 5.41 Å². The predicted octanol–water partition coefficient (Wildman–Crippen LogP) is 3.07. The number of rotatable bonds is 6. The molecule has 1 N–H and O–H groups in total. The summed E-state index contributed by atoms with van der Waals surface area (Å²) in [5.41, 5.74) is -0.534. The Labute approximate surface area is 91.6 Å². The molecular weight excluding hydrogens is 216 g/mol. The average Bonchev–Trinajstić information content (AvgIpc) is 1.98. The van der Waals surface area contributed by atoms with E-state index in [1.807, 2.05) is 0 Å². The number of hydrogen-bond acceptors (Lipinski definition) is 1. The van der Waals surface area contributed by atoms with Gasteiger partial charge in [-0.2, -0.15) is 0 Å². The second kappa shape index (κ2) is 7.40. The van der Waals surface area contributed by atoms with Crippen LogP contribution in [0.25, 0.3) is 0 Å². The first-order valence-corrected chi connectivity index (χ1v) is 4.74. The molecule has 13 heavy (non-hydrogen) atoms. The number of aliphatic carboxylic acids is 1. The molecule has 83 valence electrons. The largest absolute Gasteiger partial charge is 0.481 e. The summed E-state index contributed by atoms with van der Waals surface area (Å²) in [4.78, 5) is 10.7. The Morgan fingerprint density at radius 2 is 1.77 bits per heavy atom. The minimum absolute atomic E-state index is 0. The van der Waals surface area contributed by atoms with Crippen molar-refractivity contribution in [2.75, 3.05) is 0 Å². The van der Waals surface area contributed by atoms with Crippen LogP contribution in [-0.2, 0) is 21.9 Å². The van der Waals surface area contributed by atoms with E-state index in [0.29, 0.717) is 0 Å². The molecule has 0 rings (SSSR count). The molecule has 0 fully saturated rings. The molecule has 0 aromatic carbocycles. The van der Waals surface area contributed by atoms with Gasteiger partial charge in [-0.15, -0.1) is 0 Å². The van der Waals surface area contributed by atoms with Gasteiger partial charge in [-0.1, -0.05) is 32.6 Å². The second-order valence-corrected chi connectivity index (χ2v) is 4.00. The molecule has 0 unspecified atom stereocenters. The Balaban J connectivity index is 0. The molecule has 0 heterocycles. The predicted molar refractivity (Wildman–Crippen MR) is 50.2 cm³/mol. The van der Waals surface area contributed by atoms with E-state index >= 15 is 0 Å². The van der Waals surface area contributed by atoms with Gasteiger partial charge in [0.05, 0.1) is 5.41 Å². The normalized spacial score (nSPS) is 10.7. The van der Waals surface area contributed by atoms with E-state index in [2.05, 4.69) is 6.92 Å². The SMILES string of the molecule is CCCCCCC(C)(C)C(=O)O.[Cu]. The van der Waals surface area contributed by atoms with E-state index in [-0.39, 0.29) is 17.1 Å². The summed E-state index contributed by atoms with van der Waals surface area (Å²) >= 11 is 0. The zero-order chi connectivity index (χ0) is 9.61. The van der Waals surface area contributed by atoms with Crippen LogP contribution < -0.4 is 0 Å². The minimum atomic E-state index is -0.681. The molecule has 0 amide bonds. The smallest absolute Gasteiger partial charge is 0.309 e. The quantitative estimate of drug-likeness (QED) is 0.568. The summed E-state index contributed by atoms with van der Waals surface area (Å²) in [5, 5.41) is 8.80. The van der Waals surface area contributed by atoms with Crippen LogP contribution in [0.5, 0.6) is 0 Å². The third kappa shape index (κ3) is 7.09. The van der Waals surface area contributed by atoms with Crippen LogP contribution in [0, 0.1) is 5.41 Å². The van der Waals surface area contributed by atoms with Gasteiger partial charge in [0.1, 0.15) is 0 Å². The van der Waals surface area contributed by atoms with Crippen LogP contribution in [0.15, 0.2) is 0 Å². The van der Waals surface area contributed by atoms with Crippen molar-refractivity contribution >= 4 is 5.97 Å². The van der Waals surface area contributed by atoms with Gasteiger partial charge in [0.25, 0.3) is 0 Å². The zero-order valence-electron chi connectivity index (χ0n) is 8.69. The molecule has 0 bridgehead atoms.